The van der Waals surface area contributed by atoms with Gasteiger partial charge in [-0.25, -0.2) is 4.39 Å². The van der Waals surface area contributed by atoms with E-state index in [-0.39, 0.29) is 5.82 Å². The van der Waals surface area contributed by atoms with Gasteiger partial charge < -0.3 is 5.11 Å². The van der Waals surface area contributed by atoms with E-state index < -0.39 is 12.0 Å². The Labute approximate surface area is 112 Å². The monoisotopic (exact) mass is 273 g/mol. The molecule has 0 bridgehead atoms. The van der Waals surface area contributed by atoms with Crippen LogP contribution in [0.5, 0.6) is 0 Å². The van der Waals surface area contributed by atoms with E-state index in [4.69, 9.17) is 5.11 Å². The van der Waals surface area contributed by atoms with Gasteiger partial charge in [0, 0.05) is 12.3 Å². The van der Waals surface area contributed by atoms with Crippen LogP contribution in [-0.2, 0) is 11.3 Å². The number of halogens is 1. The number of nitrogens with one attached hydrogen (secondary N) is 1. The lowest BCUT2D eigenvalue weighted by Gasteiger charge is -2.12. The van der Waals surface area contributed by atoms with Crippen LogP contribution in [0.2, 0.25) is 0 Å². The van der Waals surface area contributed by atoms with E-state index in [1.807, 2.05) is 20.1 Å². The van der Waals surface area contributed by atoms with E-state index in [2.05, 4.69) is 5.32 Å². The van der Waals surface area contributed by atoms with Crippen LogP contribution in [-0.4, -0.2) is 29.1 Å². The summed E-state index contributed by atoms with van der Waals surface area (Å²) < 4.78 is 12.6. The third kappa shape index (κ3) is 6.61. The van der Waals surface area contributed by atoms with Crippen molar-refractivity contribution >= 4 is 17.7 Å². The van der Waals surface area contributed by atoms with Crippen LogP contribution in [0, 0.1) is 5.82 Å². The van der Waals surface area contributed by atoms with Crippen LogP contribution in [0.4, 0.5) is 4.39 Å². The third-order valence-corrected chi connectivity index (χ3v) is 2.76. The van der Waals surface area contributed by atoms with Gasteiger partial charge in [0.2, 0.25) is 0 Å². The molecular formula is C13H20FNO2S. The molecule has 0 aliphatic heterocycles. The molecule has 0 aromatic heterocycles. The van der Waals surface area contributed by atoms with Gasteiger partial charge in [-0.05, 0) is 24.0 Å². The average Bonchev–Trinajstić information content (AvgIpc) is 2.38. The van der Waals surface area contributed by atoms with Crippen molar-refractivity contribution in [2.24, 2.45) is 0 Å². The summed E-state index contributed by atoms with van der Waals surface area (Å²) in [6.45, 7) is 4.43. The van der Waals surface area contributed by atoms with Gasteiger partial charge in [-0.1, -0.05) is 26.0 Å². The Hall–Kier alpha value is -1.07. The molecule has 1 aromatic carbocycles. The minimum absolute atomic E-state index is 0.289. The molecule has 0 saturated carbocycles. The highest BCUT2D eigenvalue weighted by Gasteiger charge is 2.15. The maximum Gasteiger partial charge on any atom is 0.321 e. The zero-order chi connectivity index (χ0) is 14.0. The molecule has 0 aliphatic rings. The number of carbonyl (C=O) groups is 1. The fourth-order valence-corrected chi connectivity index (χ4v) is 1.82. The Balaban J connectivity index is 0.00000137. The molecule has 3 nitrogen and oxygen atoms in total. The summed E-state index contributed by atoms with van der Waals surface area (Å²) >= 11 is 1.47. The molecule has 0 radical (unpaired) electrons. The van der Waals surface area contributed by atoms with Crippen LogP contribution in [0.15, 0.2) is 24.3 Å². The van der Waals surface area contributed by atoms with E-state index in [9.17, 15) is 9.18 Å². The summed E-state index contributed by atoms with van der Waals surface area (Å²) in [4.78, 5) is 10.8. The predicted molar refractivity (Wildman–Crippen MR) is 74.4 cm³/mol. The number of benzene rings is 1. The maximum atomic E-state index is 12.6. The van der Waals surface area contributed by atoms with Gasteiger partial charge >= 0.3 is 5.97 Å². The van der Waals surface area contributed by atoms with E-state index >= 15 is 0 Å². The second-order valence-corrected chi connectivity index (χ2v) is 4.26. The Morgan fingerprint density at radius 3 is 2.39 bits per heavy atom. The lowest BCUT2D eigenvalue weighted by Crippen LogP contribution is -2.38. The Bertz CT molecular complexity index is 343. The lowest BCUT2D eigenvalue weighted by molar-refractivity contribution is -0.138. The van der Waals surface area contributed by atoms with Crippen molar-refractivity contribution < 1.29 is 14.3 Å². The average molecular weight is 273 g/mol. The topological polar surface area (TPSA) is 49.3 Å². The van der Waals surface area contributed by atoms with Gasteiger partial charge in [-0.15, -0.1) is 0 Å². The first-order valence-electron chi connectivity index (χ1n) is 5.83. The molecule has 0 heterocycles. The molecule has 1 rings (SSSR count). The first-order valence-corrected chi connectivity index (χ1v) is 7.22. The van der Waals surface area contributed by atoms with Crippen molar-refractivity contribution in [3.63, 3.8) is 0 Å². The Morgan fingerprint density at radius 1 is 1.39 bits per heavy atom. The van der Waals surface area contributed by atoms with Gasteiger partial charge in [-0.2, -0.15) is 11.8 Å². The minimum atomic E-state index is -0.864. The normalized spacial score (nSPS) is 11.3. The first-order chi connectivity index (χ1) is 8.63. The van der Waals surface area contributed by atoms with Crippen molar-refractivity contribution in [2.45, 2.75) is 26.4 Å². The highest BCUT2D eigenvalue weighted by atomic mass is 32.2. The summed E-state index contributed by atoms with van der Waals surface area (Å²) in [7, 11) is 0. The standard InChI is InChI=1S/C11H14FNO2S.C2H6/c1-16-7-10(11(14)15)13-6-8-2-4-9(12)5-3-8;1-2/h2-5,10,13H,6-7H2,1H3,(H,14,15);1-2H3. The van der Waals surface area contributed by atoms with Crippen LogP contribution >= 0.6 is 11.8 Å². The molecule has 5 heteroatoms. The molecule has 2 N–H and O–H groups in total. The summed E-state index contributed by atoms with van der Waals surface area (Å²) in [5, 5.41) is 11.8. The van der Waals surface area contributed by atoms with Crippen molar-refractivity contribution in [3.8, 4) is 0 Å². The molecule has 1 unspecified atom stereocenters. The van der Waals surface area contributed by atoms with Gasteiger partial charge in [-0.3, -0.25) is 10.1 Å². The summed E-state index contributed by atoms with van der Waals surface area (Å²) in [5.74, 6) is -0.643. The number of carboxylic acid groups (broad SMARTS) is 1. The molecule has 18 heavy (non-hydrogen) atoms. The second-order valence-electron chi connectivity index (χ2n) is 3.35. The van der Waals surface area contributed by atoms with E-state index in [0.717, 1.165) is 5.56 Å². The molecule has 0 amide bonds. The number of hydrogen-bond donors (Lipinski definition) is 2. The molecule has 1 atom stereocenters. The lowest BCUT2D eigenvalue weighted by atomic mass is 10.2. The largest absolute Gasteiger partial charge is 0.480 e. The summed E-state index contributed by atoms with van der Waals surface area (Å²) in [6.07, 6.45) is 1.86. The van der Waals surface area contributed by atoms with Gasteiger partial charge in [0.15, 0.2) is 0 Å². The zero-order valence-corrected chi connectivity index (χ0v) is 11.8. The van der Waals surface area contributed by atoms with Crippen LogP contribution in [0.3, 0.4) is 0 Å². The number of rotatable bonds is 6. The molecule has 0 aliphatic carbocycles. The number of carboxylic acids is 1. The quantitative estimate of drug-likeness (QED) is 0.837. The highest BCUT2D eigenvalue weighted by molar-refractivity contribution is 7.98. The number of thioether (sulfide) groups is 1. The minimum Gasteiger partial charge on any atom is -0.480 e. The van der Waals surface area contributed by atoms with Crippen molar-refractivity contribution in [3.05, 3.63) is 35.6 Å². The van der Waals surface area contributed by atoms with Gasteiger partial charge in [0.05, 0.1) is 0 Å². The number of hydrogen-bond acceptors (Lipinski definition) is 3. The third-order valence-electron chi connectivity index (χ3n) is 2.10. The second kappa shape index (κ2) is 9.91. The molecular weight excluding hydrogens is 253 g/mol. The maximum absolute atomic E-state index is 12.6. The van der Waals surface area contributed by atoms with Crippen LogP contribution < -0.4 is 5.32 Å². The van der Waals surface area contributed by atoms with Crippen LogP contribution in [0.1, 0.15) is 19.4 Å². The van der Waals surface area contributed by atoms with Crippen molar-refractivity contribution in [1.29, 1.82) is 0 Å². The summed E-state index contributed by atoms with van der Waals surface area (Å²) in [5.41, 5.74) is 0.869. The fourth-order valence-electron chi connectivity index (χ4n) is 1.23. The Kier molecular flexibility index (Phi) is 9.32. The fraction of sp³-hybridized carbons (Fsp3) is 0.462. The first kappa shape index (κ1) is 16.9. The number of aliphatic carboxylic acids is 1. The molecule has 0 spiro atoms. The molecule has 102 valence electrons. The Morgan fingerprint density at radius 2 is 1.94 bits per heavy atom. The zero-order valence-electron chi connectivity index (χ0n) is 10.9. The van der Waals surface area contributed by atoms with Gasteiger partial charge in [0.25, 0.3) is 0 Å². The van der Waals surface area contributed by atoms with E-state index in [0.29, 0.717) is 12.3 Å². The highest BCUT2D eigenvalue weighted by Crippen LogP contribution is 2.04. The van der Waals surface area contributed by atoms with Gasteiger partial charge in [0.1, 0.15) is 11.9 Å². The van der Waals surface area contributed by atoms with E-state index in [1.165, 1.54) is 23.9 Å². The summed E-state index contributed by atoms with van der Waals surface area (Å²) in [6, 6.07) is 5.43. The molecule has 0 fully saturated rings. The van der Waals surface area contributed by atoms with E-state index in [1.54, 1.807) is 12.1 Å². The SMILES string of the molecule is CC.CSCC(NCc1ccc(F)cc1)C(=O)O. The van der Waals surface area contributed by atoms with Crippen molar-refractivity contribution in [1.82, 2.24) is 5.32 Å². The van der Waals surface area contributed by atoms with Crippen molar-refractivity contribution in [2.75, 3.05) is 12.0 Å². The molecule has 1 aromatic rings. The smallest absolute Gasteiger partial charge is 0.321 e. The molecule has 0 saturated heterocycles. The predicted octanol–water partition coefficient (Wildman–Crippen LogP) is 2.76. The van der Waals surface area contributed by atoms with Crippen LogP contribution in [0.25, 0.3) is 0 Å².